The molecule has 2 aromatic rings. The lowest BCUT2D eigenvalue weighted by molar-refractivity contribution is 0.0711. The monoisotopic (exact) mass is 333 g/mol. The molecule has 1 aliphatic rings. The van der Waals surface area contributed by atoms with E-state index in [0.29, 0.717) is 5.92 Å². The first kappa shape index (κ1) is 13.4. The molecular weight excluding hydrogens is 318 g/mol. The molecule has 3 rings (SSSR count). The molecule has 0 atom stereocenters. The summed E-state index contributed by atoms with van der Waals surface area (Å²) in [6.45, 7) is 1.58. The Kier molecular flexibility index (Phi) is 3.87. The Morgan fingerprint density at radius 1 is 1.25 bits per heavy atom. The lowest BCUT2D eigenvalue weighted by atomic mass is 9.95. The molecule has 1 N–H and O–H groups in total. The molecule has 1 saturated heterocycles. The lowest BCUT2D eigenvalue weighted by Crippen LogP contribution is -2.38. The number of imidazole rings is 1. The summed E-state index contributed by atoms with van der Waals surface area (Å²) >= 11 is 3.39. The predicted molar refractivity (Wildman–Crippen MR) is 80.6 cm³/mol. The van der Waals surface area contributed by atoms with E-state index in [-0.39, 0.29) is 5.91 Å². The smallest absolute Gasteiger partial charge is 0.253 e. The number of carbonyl (C=O) groups excluding carboxylic acids is 1. The number of H-pyrrole nitrogens is 1. The van der Waals surface area contributed by atoms with Crippen LogP contribution in [0.1, 0.15) is 34.9 Å². The average Bonchev–Trinajstić information content (AvgIpc) is 3.02. The van der Waals surface area contributed by atoms with E-state index in [1.165, 1.54) is 0 Å². The molecule has 1 amide bonds. The van der Waals surface area contributed by atoms with Gasteiger partial charge >= 0.3 is 0 Å². The minimum atomic E-state index is 0.121. The normalized spacial score (nSPS) is 16.4. The van der Waals surface area contributed by atoms with Crippen LogP contribution in [0, 0.1) is 0 Å². The number of piperidine rings is 1. The van der Waals surface area contributed by atoms with Gasteiger partial charge in [-0.05, 0) is 37.1 Å². The molecule has 1 fully saturated rings. The molecule has 1 aromatic carbocycles. The third kappa shape index (κ3) is 2.77. The number of hydrogen-bond acceptors (Lipinski definition) is 2. The Balaban J connectivity index is 1.63. The number of aromatic nitrogens is 2. The van der Waals surface area contributed by atoms with Crippen molar-refractivity contribution in [1.29, 1.82) is 0 Å². The summed E-state index contributed by atoms with van der Waals surface area (Å²) in [5, 5.41) is 0. The average molecular weight is 334 g/mol. The fourth-order valence-electron chi connectivity index (χ4n) is 2.63. The minimum Gasteiger partial charge on any atom is -0.348 e. The first-order chi connectivity index (χ1) is 9.74. The molecule has 2 heterocycles. The van der Waals surface area contributed by atoms with E-state index in [0.717, 1.165) is 41.8 Å². The molecule has 0 unspecified atom stereocenters. The number of benzene rings is 1. The van der Waals surface area contributed by atoms with Crippen LogP contribution in [0.2, 0.25) is 0 Å². The van der Waals surface area contributed by atoms with Gasteiger partial charge in [-0.15, -0.1) is 0 Å². The van der Waals surface area contributed by atoms with E-state index < -0.39 is 0 Å². The second-order valence-electron chi connectivity index (χ2n) is 5.05. The van der Waals surface area contributed by atoms with Crippen molar-refractivity contribution < 1.29 is 4.79 Å². The zero-order valence-electron chi connectivity index (χ0n) is 11.1. The summed E-state index contributed by atoms with van der Waals surface area (Å²) in [5.41, 5.74) is 0.754. The third-order valence-corrected chi connectivity index (χ3v) is 4.31. The molecule has 1 aromatic heterocycles. The number of hydrogen-bond donors (Lipinski definition) is 1. The largest absolute Gasteiger partial charge is 0.348 e. The first-order valence-electron chi connectivity index (χ1n) is 6.78. The van der Waals surface area contributed by atoms with Crippen molar-refractivity contribution in [3.8, 4) is 0 Å². The van der Waals surface area contributed by atoms with Crippen LogP contribution in [-0.2, 0) is 0 Å². The summed E-state index contributed by atoms with van der Waals surface area (Å²) in [6, 6.07) is 7.54. The summed E-state index contributed by atoms with van der Waals surface area (Å²) in [7, 11) is 0. The maximum Gasteiger partial charge on any atom is 0.253 e. The molecular formula is C15H16BrN3O. The van der Waals surface area contributed by atoms with Crippen molar-refractivity contribution >= 4 is 21.8 Å². The van der Waals surface area contributed by atoms with Crippen LogP contribution in [0.15, 0.2) is 41.1 Å². The highest BCUT2D eigenvalue weighted by atomic mass is 79.9. The molecule has 0 aliphatic carbocycles. The van der Waals surface area contributed by atoms with Crippen molar-refractivity contribution in [2.45, 2.75) is 18.8 Å². The topological polar surface area (TPSA) is 49.0 Å². The Bertz CT molecular complexity index is 572. The Hall–Kier alpha value is -1.62. The van der Waals surface area contributed by atoms with E-state index in [4.69, 9.17) is 0 Å². The van der Waals surface area contributed by atoms with Crippen LogP contribution in [0.5, 0.6) is 0 Å². The lowest BCUT2D eigenvalue weighted by Gasteiger charge is -2.31. The maximum atomic E-state index is 12.4. The van der Waals surface area contributed by atoms with Gasteiger partial charge in [0.1, 0.15) is 5.82 Å². The van der Waals surface area contributed by atoms with Gasteiger partial charge in [0.2, 0.25) is 0 Å². The number of likely N-dealkylation sites (tertiary alicyclic amines) is 1. The number of rotatable bonds is 2. The highest BCUT2D eigenvalue weighted by Gasteiger charge is 2.25. The molecule has 0 saturated carbocycles. The van der Waals surface area contributed by atoms with E-state index in [1.807, 2.05) is 35.4 Å². The van der Waals surface area contributed by atoms with Crippen molar-refractivity contribution in [2.24, 2.45) is 0 Å². The predicted octanol–water partition coefficient (Wildman–Crippen LogP) is 3.19. The van der Waals surface area contributed by atoms with Crippen LogP contribution >= 0.6 is 15.9 Å². The van der Waals surface area contributed by atoms with Crippen LogP contribution in [0.25, 0.3) is 0 Å². The molecule has 5 heteroatoms. The van der Waals surface area contributed by atoms with E-state index in [9.17, 15) is 4.79 Å². The molecule has 20 heavy (non-hydrogen) atoms. The van der Waals surface area contributed by atoms with Gasteiger partial charge in [-0.1, -0.05) is 15.9 Å². The van der Waals surface area contributed by atoms with E-state index >= 15 is 0 Å². The standard InChI is InChI=1S/C15H16BrN3O/c16-13-3-1-12(2-4-13)15(20)19-9-5-11(6-10-19)14-17-7-8-18-14/h1-4,7-8,11H,5-6,9-10H2,(H,17,18). The van der Waals surface area contributed by atoms with Crippen LogP contribution in [0.3, 0.4) is 0 Å². The maximum absolute atomic E-state index is 12.4. The van der Waals surface area contributed by atoms with Crippen molar-refractivity contribution in [3.63, 3.8) is 0 Å². The third-order valence-electron chi connectivity index (χ3n) is 3.78. The molecule has 0 radical (unpaired) electrons. The number of halogens is 1. The number of aromatic amines is 1. The highest BCUT2D eigenvalue weighted by molar-refractivity contribution is 9.10. The van der Waals surface area contributed by atoms with Crippen LogP contribution in [-0.4, -0.2) is 33.9 Å². The number of nitrogens with zero attached hydrogens (tertiary/aromatic N) is 2. The first-order valence-corrected chi connectivity index (χ1v) is 7.57. The Morgan fingerprint density at radius 3 is 2.55 bits per heavy atom. The molecule has 0 spiro atoms. The Morgan fingerprint density at radius 2 is 1.95 bits per heavy atom. The van der Waals surface area contributed by atoms with Crippen molar-refractivity contribution in [2.75, 3.05) is 13.1 Å². The fourth-order valence-corrected chi connectivity index (χ4v) is 2.90. The highest BCUT2D eigenvalue weighted by Crippen LogP contribution is 2.26. The molecule has 104 valence electrons. The second kappa shape index (κ2) is 5.79. The van der Waals surface area contributed by atoms with Crippen molar-refractivity contribution in [3.05, 3.63) is 52.5 Å². The van der Waals surface area contributed by atoms with Crippen LogP contribution < -0.4 is 0 Å². The van der Waals surface area contributed by atoms with Crippen molar-refractivity contribution in [1.82, 2.24) is 14.9 Å². The molecule has 4 nitrogen and oxygen atoms in total. The van der Waals surface area contributed by atoms with Gasteiger partial charge in [0, 0.05) is 41.4 Å². The number of nitrogens with one attached hydrogen (secondary N) is 1. The number of amides is 1. The molecule has 0 bridgehead atoms. The van der Waals surface area contributed by atoms with E-state index in [1.54, 1.807) is 6.20 Å². The zero-order valence-corrected chi connectivity index (χ0v) is 12.6. The van der Waals surface area contributed by atoms with Gasteiger partial charge in [-0.25, -0.2) is 4.98 Å². The fraction of sp³-hybridized carbons (Fsp3) is 0.333. The zero-order chi connectivity index (χ0) is 13.9. The SMILES string of the molecule is O=C(c1ccc(Br)cc1)N1CCC(c2ncc[nH]2)CC1. The van der Waals surface area contributed by atoms with Gasteiger partial charge in [0.15, 0.2) is 0 Å². The van der Waals surface area contributed by atoms with Gasteiger partial charge in [0.25, 0.3) is 5.91 Å². The number of carbonyl (C=O) groups is 1. The van der Waals surface area contributed by atoms with Gasteiger partial charge < -0.3 is 9.88 Å². The quantitative estimate of drug-likeness (QED) is 0.917. The summed E-state index contributed by atoms with van der Waals surface area (Å²) in [5.74, 6) is 1.61. The second-order valence-corrected chi connectivity index (χ2v) is 5.96. The van der Waals surface area contributed by atoms with E-state index in [2.05, 4.69) is 25.9 Å². The van der Waals surface area contributed by atoms with Gasteiger partial charge in [-0.2, -0.15) is 0 Å². The Labute approximate surface area is 126 Å². The minimum absolute atomic E-state index is 0.121. The summed E-state index contributed by atoms with van der Waals surface area (Å²) in [6.07, 6.45) is 5.58. The molecule has 1 aliphatic heterocycles. The summed E-state index contributed by atoms with van der Waals surface area (Å²) < 4.78 is 0.991. The van der Waals surface area contributed by atoms with Gasteiger partial charge in [0.05, 0.1) is 0 Å². The van der Waals surface area contributed by atoms with Gasteiger partial charge in [-0.3, -0.25) is 4.79 Å². The summed E-state index contributed by atoms with van der Waals surface area (Å²) in [4.78, 5) is 21.8. The van der Waals surface area contributed by atoms with Crippen LogP contribution in [0.4, 0.5) is 0 Å².